The minimum absolute atomic E-state index is 0.0754. The van der Waals surface area contributed by atoms with Gasteiger partial charge in [-0.25, -0.2) is 18.4 Å². The molecule has 3 rings (SSSR count). The fraction of sp³-hybridized carbons (Fsp3) is 0.412. The number of nitrogens with zero attached hydrogens (tertiary/aromatic N) is 4. The third kappa shape index (κ3) is 3.48. The monoisotopic (exact) mass is 346 g/mol. The van der Waals surface area contributed by atoms with Crippen LogP contribution in [0.4, 0.5) is 0 Å². The molecule has 1 saturated heterocycles. The second kappa shape index (κ2) is 6.96. The van der Waals surface area contributed by atoms with Gasteiger partial charge in [-0.15, -0.1) is 0 Å². The van der Waals surface area contributed by atoms with Crippen LogP contribution < -0.4 is 0 Å². The normalized spacial score (nSPS) is 18.4. The zero-order valence-corrected chi connectivity index (χ0v) is 14.8. The van der Waals surface area contributed by atoms with Crippen LogP contribution in [0.25, 0.3) is 0 Å². The molecule has 2 aromatic rings. The van der Waals surface area contributed by atoms with E-state index in [0.29, 0.717) is 31.1 Å². The quantitative estimate of drug-likeness (QED) is 0.845. The van der Waals surface area contributed by atoms with Gasteiger partial charge in [0.1, 0.15) is 5.82 Å². The van der Waals surface area contributed by atoms with Gasteiger partial charge in [0.05, 0.1) is 10.9 Å². The Morgan fingerprint density at radius 3 is 2.33 bits per heavy atom. The molecule has 1 unspecified atom stereocenters. The minimum atomic E-state index is -3.41. The Balaban J connectivity index is 1.68. The van der Waals surface area contributed by atoms with Crippen molar-refractivity contribution in [3.63, 3.8) is 0 Å². The van der Waals surface area contributed by atoms with Crippen molar-refractivity contribution in [3.8, 4) is 0 Å². The highest BCUT2D eigenvalue weighted by Gasteiger charge is 2.30. The topological polar surface area (TPSA) is 66.4 Å². The molecule has 0 radical (unpaired) electrons. The van der Waals surface area contributed by atoms with Crippen LogP contribution in [0.3, 0.4) is 0 Å². The Kier molecular flexibility index (Phi) is 4.93. The first-order valence-electron chi connectivity index (χ1n) is 8.07. The zero-order chi connectivity index (χ0) is 17.2. The Bertz CT molecular complexity index is 787. The molecule has 7 heteroatoms. The molecule has 6 nitrogen and oxygen atoms in total. The molecule has 1 aliphatic rings. The van der Waals surface area contributed by atoms with Gasteiger partial charge < -0.3 is 0 Å². The molecule has 24 heavy (non-hydrogen) atoms. The number of hydrogen-bond donors (Lipinski definition) is 0. The second-order valence-electron chi connectivity index (χ2n) is 5.99. The molecule has 0 amide bonds. The maximum Gasteiger partial charge on any atom is 0.243 e. The van der Waals surface area contributed by atoms with Crippen molar-refractivity contribution >= 4 is 10.0 Å². The van der Waals surface area contributed by atoms with Gasteiger partial charge in [0.2, 0.25) is 10.0 Å². The Hall–Kier alpha value is -1.83. The van der Waals surface area contributed by atoms with E-state index in [1.165, 1.54) is 0 Å². The van der Waals surface area contributed by atoms with Crippen LogP contribution in [-0.2, 0) is 10.0 Å². The third-order valence-corrected chi connectivity index (χ3v) is 6.30. The largest absolute Gasteiger partial charge is 0.291 e. The molecule has 0 spiro atoms. The number of sulfonamides is 1. The van der Waals surface area contributed by atoms with E-state index in [4.69, 9.17) is 0 Å². The first-order chi connectivity index (χ1) is 11.5. The van der Waals surface area contributed by atoms with E-state index in [9.17, 15) is 8.42 Å². The van der Waals surface area contributed by atoms with Crippen LogP contribution in [0.5, 0.6) is 0 Å². The van der Waals surface area contributed by atoms with Crippen molar-refractivity contribution in [3.05, 3.63) is 54.1 Å². The predicted molar refractivity (Wildman–Crippen MR) is 92.0 cm³/mol. The third-order valence-electron chi connectivity index (χ3n) is 4.39. The van der Waals surface area contributed by atoms with Gasteiger partial charge in [0.25, 0.3) is 0 Å². The summed E-state index contributed by atoms with van der Waals surface area (Å²) in [4.78, 5) is 11.4. The van der Waals surface area contributed by atoms with Crippen LogP contribution in [0, 0.1) is 6.92 Å². The molecule has 0 aliphatic carbocycles. The van der Waals surface area contributed by atoms with Crippen molar-refractivity contribution in [1.29, 1.82) is 0 Å². The van der Waals surface area contributed by atoms with Gasteiger partial charge in [-0.3, -0.25) is 4.90 Å². The van der Waals surface area contributed by atoms with Crippen LogP contribution in [0.1, 0.15) is 24.5 Å². The number of aryl methyl sites for hydroxylation is 1. The van der Waals surface area contributed by atoms with Crippen molar-refractivity contribution in [1.82, 2.24) is 19.2 Å². The van der Waals surface area contributed by atoms with Gasteiger partial charge in [-0.1, -0.05) is 18.2 Å². The number of rotatable bonds is 4. The van der Waals surface area contributed by atoms with Crippen molar-refractivity contribution < 1.29 is 8.42 Å². The summed E-state index contributed by atoms with van der Waals surface area (Å²) >= 11 is 0. The van der Waals surface area contributed by atoms with E-state index < -0.39 is 10.0 Å². The van der Waals surface area contributed by atoms with E-state index in [1.807, 2.05) is 19.1 Å². The lowest BCUT2D eigenvalue weighted by molar-refractivity contribution is 0.141. The minimum Gasteiger partial charge on any atom is -0.291 e. The molecule has 0 saturated carbocycles. The molecule has 1 fully saturated rings. The SMILES string of the molecule is Cc1ccnc(C(C)N2CCN(S(=O)(=O)c3ccccc3)CC2)n1. The molecule has 1 aromatic heterocycles. The summed E-state index contributed by atoms with van der Waals surface area (Å²) in [5.74, 6) is 0.786. The average molecular weight is 346 g/mol. The molecular weight excluding hydrogens is 324 g/mol. The summed E-state index contributed by atoms with van der Waals surface area (Å²) in [5.41, 5.74) is 0.942. The summed E-state index contributed by atoms with van der Waals surface area (Å²) in [6, 6.07) is 10.6. The molecule has 0 N–H and O–H groups in total. The summed E-state index contributed by atoms with van der Waals surface area (Å²) in [6.07, 6.45) is 1.77. The van der Waals surface area contributed by atoms with Crippen LogP contribution in [0.2, 0.25) is 0 Å². The molecule has 1 aliphatic heterocycles. The van der Waals surface area contributed by atoms with Gasteiger partial charge >= 0.3 is 0 Å². The fourth-order valence-electron chi connectivity index (χ4n) is 2.91. The fourth-order valence-corrected chi connectivity index (χ4v) is 4.35. The summed E-state index contributed by atoms with van der Waals surface area (Å²) in [7, 11) is -3.41. The Morgan fingerprint density at radius 1 is 1.04 bits per heavy atom. The van der Waals surface area contributed by atoms with Crippen LogP contribution in [-0.4, -0.2) is 53.8 Å². The Labute approximate surface area is 143 Å². The number of hydrogen-bond acceptors (Lipinski definition) is 5. The highest BCUT2D eigenvalue weighted by molar-refractivity contribution is 7.89. The highest BCUT2D eigenvalue weighted by Crippen LogP contribution is 2.22. The smallest absolute Gasteiger partial charge is 0.243 e. The highest BCUT2D eigenvalue weighted by atomic mass is 32.2. The lowest BCUT2D eigenvalue weighted by Gasteiger charge is -2.36. The average Bonchev–Trinajstić information content (AvgIpc) is 2.62. The first kappa shape index (κ1) is 17.0. The van der Waals surface area contributed by atoms with Crippen LogP contribution >= 0.6 is 0 Å². The van der Waals surface area contributed by atoms with Crippen molar-refractivity contribution in [2.45, 2.75) is 24.8 Å². The Morgan fingerprint density at radius 2 is 1.71 bits per heavy atom. The standard InChI is InChI=1S/C17H22N4O2S/c1-14-8-9-18-17(19-14)15(2)20-10-12-21(13-11-20)24(22,23)16-6-4-3-5-7-16/h3-9,15H,10-13H2,1-2H3. The van der Waals surface area contributed by atoms with E-state index in [-0.39, 0.29) is 6.04 Å². The molecule has 2 heterocycles. The van der Waals surface area contributed by atoms with Crippen molar-refractivity contribution in [2.24, 2.45) is 0 Å². The lowest BCUT2D eigenvalue weighted by Crippen LogP contribution is -2.49. The first-order valence-corrected chi connectivity index (χ1v) is 9.51. The summed E-state index contributed by atoms with van der Waals surface area (Å²) in [6.45, 7) is 6.31. The molecule has 0 bridgehead atoms. The maximum atomic E-state index is 12.7. The number of piperazine rings is 1. The van der Waals surface area contributed by atoms with Gasteiger partial charge in [-0.05, 0) is 32.0 Å². The summed E-state index contributed by atoms with van der Waals surface area (Å²) < 4.78 is 26.9. The van der Waals surface area contributed by atoms with Crippen molar-refractivity contribution in [2.75, 3.05) is 26.2 Å². The molecule has 1 atom stereocenters. The van der Waals surface area contributed by atoms with E-state index >= 15 is 0 Å². The van der Waals surface area contributed by atoms with E-state index in [2.05, 4.69) is 21.8 Å². The molecule has 1 aromatic carbocycles. The zero-order valence-electron chi connectivity index (χ0n) is 14.0. The van der Waals surface area contributed by atoms with E-state index in [1.54, 1.807) is 34.8 Å². The molecule has 128 valence electrons. The van der Waals surface area contributed by atoms with Gasteiger partial charge in [0.15, 0.2) is 0 Å². The van der Waals surface area contributed by atoms with E-state index in [0.717, 1.165) is 11.5 Å². The van der Waals surface area contributed by atoms with Gasteiger partial charge in [-0.2, -0.15) is 4.31 Å². The van der Waals surface area contributed by atoms with Gasteiger partial charge in [0, 0.05) is 38.1 Å². The van der Waals surface area contributed by atoms with Crippen LogP contribution in [0.15, 0.2) is 47.5 Å². The molecular formula is C17H22N4O2S. The summed E-state index contributed by atoms with van der Waals surface area (Å²) in [5, 5.41) is 0. The second-order valence-corrected chi connectivity index (χ2v) is 7.92. The lowest BCUT2D eigenvalue weighted by atomic mass is 10.2. The predicted octanol–water partition coefficient (Wildman–Crippen LogP) is 1.85. The number of benzene rings is 1. The maximum absolute atomic E-state index is 12.7. The number of aromatic nitrogens is 2.